The van der Waals surface area contributed by atoms with E-state index >= 15 is 0 Å². The van der Waals surface area contributed by atoms with E-state index in [0.29, 0.717) is 26.1 Å². The molecule has 1 aromatic carbocycles. The van der Waals surface area contributed by atoms with E-state index in [-0.39, 0.29) is 17.9 Å². The van der Waals surface area contributed by atoms with E-state index in [4.69, 9.17) is 0 Å². The molecule has 1 saturated heterocycles. The molecule has 1 unspecified atom stereocenters. The number of likely N-dealkylation sites (tertiary alicyclic amines) is 1. The number of halogens is 1. The molecule has 0 saturated carbocycles. The summed E-state index contributed by atoms with van der Waals surface area (Å²) in [7, 11) is -3.27. The first-order chi connectivity index (χ1) is 10.8. The number of urea groups is 1. The molecule has 0 spiro atoms. The Labute approximate surface area is 136 Å². The number of piperidine rings is 1. The number of rotatable bonds is 5. The molecule has 1 aliphatic heterocycles. The minimum atomic E-state index is -3.27. The third-order valence-corrected chi connectivity index (χ3v) is 4.45. The van der Waals surface area contributed by atoms with Crippen molar-refractivity contribution in [3.05, 3.63) is 35.6 Å². The van der Waals surface area contributed by atoms with Gasteiger partial charge in [-0.05, 0) is 37.0 Å². The van der Waals surface area contributed by atoms with Gasteiger partial charge in [0.25, 0.3) is 0 Å². The van der Waals surface area contributed by atoms with Crippen LogP contribution in [0, 0.1) is 5.82 Å². The zero-order valence-electron chi connectivity index (χ0n) is 13.1. The van der Waals surface area contributed by atoms with E-state index in [0.717, 1.165) is 24.7 Å². The largest absolute Gasteiger partial charge is 0.338 e. The van der Waals surface area contributed by atoms with Gasteiger partial charge in [0.2, 0.25) is 10.0 Å². The van der Waals surface area contributed by atoms with Crippen molar-refractivity contribution in [1.82, 2.24) is 14.9 Å². The van der Waals surface area contributed by atoms with Gasteiger partial charge in [-0.2, -0.15) is 0 Å². The zero-order chi connectivity index (χ0) is 16.9. The Hall–Kier alpha value is -1.67. The summed E-state index contributed by atoms with van der Waals surface area (Å²) in [6, 6.07) is 5.73. The van der Waals surface area contributed by atoms with Gasteiger partial charge < -0.3 is 10.2 Å². The summed E-state index contributed by atoms with van der Waals surface area (Å²) in [6.07, 6.45) is 3.23. The van der Waals surface area contributed by atoms with Crippen molar-refractivity contribution in [3.63, 3.8) is 0 Å². The van der Waals surface area contributed by atoms with Crippen LogP contribution in [0.5, 0.6) is 0 Å². The van der Waals surface area contributed by atoms with Gasteiger partial charge in [-0.25, -0.2) is 22.3 Å². The van der Waals surface area contributed by atoms with Crippen LogP contribution >= 0.6 is 0 Å². The van der Waals surface area contributed by atoms with Crippen molar-refractivity contribution >= 4 is 16.1 Å². The van der Waals surface area contributed by atoms with Gasteiger partial charge in [0, 0.05) is 25.7 Å². The lowest BCUT2D eigenvalue weighted by atomic mass is 10.1. The number of carbonyl (C=O) groups is 1. The average molecular weight is 343 g/mol. The van der Waals surface area contributed by atoms with E-state index in [1.54, 1.807) is 17.0 Å². The van der Waals surface area contributed by atoms with Crippen molar-refractivity contribution in [3.8, 4) is 0 Å². The molecular formula is C15H22FN3O3S. The molecule has 1 aromatic rings. The molecular weight excluding hydrogens is 321 g/mol. The number of hydrogen-bond donors (Lipinski definition) is 2. The van der Waals surface area contributed by atoms with Crippen LogP contribution in [-0.4, -0.2) is 51.3 Å². The summed E-state index contributed by atoms with van der Waals surface area (Å²) in [4.78, 5) is 13.8. The lowest BCUT2D eigenvalue weighted by Crippen LogP contribution is -2.52. The third kappa shape index (κ3) is 6.15. The number of benzene rings is 1. The maximum absolute atomic E-state index is 12.8. The van der Waals surface area contributed by atoms with Crippen molar-refractivity contribution in [2.45, 2.75) is 25.3 Å². The van der Waals surface area contributed by atoms with Crippen molar-refractivity contribution < 1.29 is 17.6 Å². The van der Waals surface area contributed by atoms with Gasteiger partial charge in [-0.1, -0.05) is 12.1 Å². The molecule has 0 aliphatic carbocycles. The average Bonchev–Trinajstić information content (AvgIpc) is 2.48. The number of amides is 2. The summed E-state index contributed by atoms with van der Waals surface area (Å²) in [6.45, 7) is 1.44. The number of nitrogens with zero attached hydrogens (tertiary/aromatic N) is 1. The molecule has 1 atom stereocenters. The maximum atomic E-state index is 12.8. The van der Waals surface area contributed by atoms with Crippen LogP contribution < -0.4 is 10.0 Å². The number of carbonyl (C=O) groups excluding carboxylic acids is 1. The first-order valence-electron chi connectivity index (χ1n) is 7.58. The molecule has 2 rings (SSSR count). The fourth-order valence-corrected chi connectivity index (χ4v) is 3.44. The van der Waals surface area contributed by atoms with Gasteiger partial charge in [-0.15, -0.1) is 0 Å². The molecule has 1 fully saturated rings. The minimum absolute atomic E-state index is 0.202. The molecule has 23 heavy (non-hydrogen) atoms. The summed E-state index contributed by atoms with van der Waals surface area (Å²) in [5.74, 6) is -0.282. The second kappa shape index (κ2) is 7.74. The topological polar surface area (TPSA) is 78.5 Å². The van der Waals surface area contributed by atoms with E-state index in [2.05, 4.69) is 10.0 Å². The number of nitrogens with one attached hydrogen (secondary N) is 2. The highest BCUT2D eigenvalue weighted by Crippen LogP contribution is 2.11. The lowest BCUT2D eigenvalue weighted by Gasteiger charge is -2.32. The summed E-state index contributed by atoms with van der Waals surface area (Å²) in [5, 5.41) is 2.81. The summed E-state index contributed by atoms with van der Waals surface area (Å²) in [5.41, 5.74) is 0.946. The molecule has 0 bridgehead atoms. The maximum Gasteiger partial charge on any atom is 0.317 e. The van der Waals surface area contributed by atoms with Crippen molar-refractivity contribution in [2.24, 2.45) is 0 Å². The molecule has 2 amide bonds. The van der Waals surface area contributed by atoms with Crippen molar-refractivity contribution in [1.29, 1.82) is 0 Å². The first kappa shape index (κ1) is 17.7. The third-order valence-electron chi connectivity index (χ3n) is 3.69. The first-order valence-corrected chi connectivity index (χ1v) is 9.47. The van der Waals surface area contributed by atoms with E-state index in [1.165, 1.54) is 12.1 Å². The van der Waals surface area contributed by atoms with Crippen LogP contribution in [0.15, 0.2) is 24.3 Å². The van der Waals surface area contributed by atoms with Gasteiger partial charge in [0.15, 0.2) is 0 Å². The quantitative estimate of drug-likeness (QED) is 0.840. The van der Waals surface area contributed by atoms with Gasteiger partial charge in [0.05, 0.1) is 6.26 Å². The Morgan fingerprint density at radius 1 is 1.35 bits per heavy atom. The van der Waals surface area contributed by atoms with Crippen molar-refractivity contribution in [2.75, 3.05) is 25.9 Å². The standard InChI is InChI=1S/C15H22FN3O3S/c1-23(21,22)18-14-3-2-10-19(11-14)15(20)17-9-8-12-4-6-13(16)7-5-12/h4-7,14,18H,2-3,8-11H2,1H3,(H,17,20). The highest BCUT2D eigenvalue weighted by Gasteiger charge is 2.25. The van der Waals surface area contributed by atoms with Crippen LogP contribution in [0.3, 0.4) is 0 Å². The van der Waals surface area contributed by atoms with E-state index < -0.39 is 10.0 Å². The molecule has 2 N–H and O–H groups in total. The van der Waals surface area contributed by atoms with Crippen LogP contribution in [0.2, 0.25) is 0 Å². The zero-order valence-corrected chi connectivity index (χ0v) is 13.9. The van der Waals surface area contributed by atoms with E-state index in [9.17, 15) is 17.6 Å². The highest BCUT2D eigenvalue weighted by molar-refractivity contribution is 7.88. The summed E-state index contributed by atoms with van der Waals surface area (Å²) >= 11 is 0. The number of hydrogen-bond acceptors (Lipinski definition) is 3. The number of sulfonamides is 1. The molecule has 1 heterocycles. The molecule has 0 aromatic heterocycles. The predicted molar refractivity (Wildman–Crippen MR) is 86.1 cm³/mol. The van der Waals surface area contributed by atoms with Gasteiger partial charge >= 0.3 is 6.03 Å². The SMILES string of the molecule is CS(=O)(=O)NC1CCCN(C(=O)NCCc2ccc(F)cc2)C1. The van der Waals surface area contributed by atoms with E-state index in [1.807, 2.05) is 0 Å². The Bertz CT molecular complexity index is 634. The Kier molecular flexibility index (Phi) is 5.95. The van der Waals surface area contributed by atoms with Crippen LogP contribution in [0.1, 0.15) is 18.4 Å². The van der Waals surface area contributed by atoms with Crippen LogP contribution in [0.25, 0.3) is 0 Å². The molecule has 6 nitrogen and oxygen atoms in total. The second-order valence-electron chi connectivity index (χ2n) is 5.78. The van der Waals surface area contributed by atoms with Gasteiger partial charge in [0.1, 0.15) is 5.82 Å². The van der Waals surface area contributed by atoms with Crippen LogP contribution in [0.4, 0.5) is 9.18 Å². The van der Waals surface area contributed by atoms with Crippen LogP contribution in [-0.2, 0) is 16.4 Å². The fraction of sp³-hybridized carbons (Fsp3) is 0.533. The smallest absolute Gasteiger partial charge is 0.317 e. The molecule has 8 heteroatoms. The Balaban J connectivity index is 1.77. The van der Waals surface area contributed by atoms with Gasteiger partial charge in [-0.3, -0.25) is 0 Å². The molecule has 1 aliphatic rings. The normalized spacial score (nSPS) is 18.7. The predicted octanol–water partition coefficient (Wildman–Crippen LogP) is 1.09. The minimum Gasteiger partial charge on any atom is -0.338 e. The summed E-state index contributed by atoms with van der Waals surface area (Å²) < 4.78 is 37.9. The molecule has 128 valence electrons. The Morgan fingerprint density at radius 3 is 2.70 bits per heavy atom. The Morgan fingerprint density at radius 2 is 2.04 bits per heavy atom. The monoisotopic (exact) mass is 343 g/mol. The second-order valence-corrected chi connectivity index (χ2v) is 7.56. The fourth-order valence-electron chi connectivity index (χ4n) is 2.64. The highest BCUT2D eigenvalue weighted by atomic mass is 32.2. The molecule has 0 radical (unpaired) electrons. The lowest BCUT2D eigenvalue weighted by molar-refractivity contribution is 0.177.